The van der Waals surface area contributed by atoms with Crippen LogP contribution in [0.5, 0.6) is 5.75 Å². The summed E-state index contributed by atoms with van der Waals surface area (Å²) in [4.78, 5) is 5.45. The van der Waals surface area contributed by atoms with Crippen LogP contribution in [0.15, 0.2) is 54.6 Å². The fourth-order valence-corrected chi connectivity index (χ4v) is 2.80. The van der Waals surface area contributed by atoms with Gasteiger partial charge in [0.25, 0.3) is 0 Å². The van der Waals surface area contributed by atoms with Crippen LogP contribution in [-0.2, 0) is 0 Å². The Bertz CT molecular complexity index is 690. The van der Waals surface area contributed by atoms with Gasteiger partial charge in [-0.15, -0.1) is 0 Å². The van der Waals surface area contributed by atoms with Crippen molar-refractivity contribution in [3.05, 3.63) is 54.6 Å². The van der Waals surface area contributed by atoms with Gasteiger partial charge in [0.1, 0.15) is 5.75 Å². The topological polar surface area (TPSA) is 59.1 Å². The number of thiazole rings is 1. The fourth-order valence-electron chi connectivity index (χ4n) is 1.94. The molecule has 0 aliphatic heterocycles. The molecule has 4 heteroatoms. The first kappa shape index (κ1) is 11.7. The first-order valence-corrected chi connectivity index (χ1v) is 6.67. The standard InChI is InChI=1S/C15H12N2OS/c16-15-17-13(10-6-8-12(18)9-7-10)14(19-15)11-4-2-1-3-5-11/h1-9,18H,(H2,16,17). The maximum Gasteiger partial charge on any atom is 0.181 e. The van der Waals surface area contributed by atoms with Crippen LogP contribution in [0.4, 0.5) is 5.13 Å². The van der Waals surface area contributed by atoms with Crippen molar-refractivity contribution in [2.24, 2.45) is 0 Å². The Labute approximate surface area is 115 Å². The summed E-state index contributed by atoms with van der Waals surface area (Å²) < 4.78 is 0. The van der Waals surface area contributed by atoms with E-state index in [4.69, 9.17) is 5.73 Å². The average molecular weight is 268 g/mol. The molecule has 0 spiro atoms. The van der Waals surface area contributed by atoms with Gasteiger partial charge in [-0.1, -0.05) is 41.7 Å². The number of anilines is 1. The highest BCUT2D eigenvalue weighted by atomic mass is 32.1. The third-order valence-electron chi connectivity index (χ3n) is 2.82. The summed E-state index contributed by atoms with van der Waals surface area (Å²) in [6.07, 6.45) is 0. The predicted octanol–water partition coefficient (Wildman–Crippen LogP) is 3.76. The van der Waals surface area contributed by atoms with Gasteiger partial charge in [-0.25, -0.2) is 4.98 Å². The molecule has 0 unspecified atom stereocenters. The molecule has 0 aliphatic carbocycles. The van der Waals surface area contributed by atoms with E-state index in [1.807, 2.05) is 42.5 Å². The zero-order valence-electron chi connectivity index (χ0n) is 10.1. The second kappa shape index (κ2) is 4.74. The largest absolute Gasteiger partial charge is 0.508 e. The van der Waals surface area contributed by atoms with Gasteiger partial charge in [0, 0.05) is 5.56 Å². The Morgan fingerprint density at radius 1 is 0.895 bits per heavy atom. The quantitative estimate of drug-likeness (QED) is 0.744. The van der Waals surface area contributed by atoms with E-state index in [1.165, 1.54) is 11.3 Å². The van der Waals surface area contributed by atoms with Gasteiger partial charge in [-0.05, 0) is 29.8 Å². The minimum absolute atomic E-state index is 0.244. The van der Waals surface area contributed by atoms with Crippen LogP contribution in [0, 0.1) is 0 Å². The van der Waals surface area contributed by atoms with Gasteiger partial charge in [0.15, 0.2) is 5.13 Å². The minimum atomic E-state index is 0.244. The van der Waals surface area contributed by atoms with Gasteiger partial charge >= 0.3 is 0 Å². The Morgan fingerprint density at radius 3 is 2.26 bits per heavy atom. The van der Waals surface area contributed by atoms with Crippen molar-refractivity contribution in [1.29, 1.82) is 0 Å². The molecule has 1 aromatic heterocycles. The number of hydrogen-bond donors (Lipinski definition) is 2. The van der Waals surface area contributed by atoms with Gasteiger partial charge in [-0.2, -0.15) is 0 Å². The van der Waals surface area contributed by atoms with Gasteiger partial charge < -0.3 is 10.8 Å². The molecule has 0 fully saturated rings. The van der Waals surface area contributed by atoms with Crippen molar-refractivity contribution in [3.8, 4) is 27.4 Å². The van der Waals surface area contributed by atoms with Crippen molar-refractivity contribution in [3.63, 3.8) is 0 Å². The van der Waals surface area contributed by atoms with Crippen LogP contribution < -0.4 is 5.73 Å². The van der Waals surface area contributed by atoms with E-state index in [-0.39, 0.29) is 5.75 Å². The van der Waals surface area contributed by atoms with E-state index in [0.29, 0.717) is 5.13 Å². The molecule has 3 aromatic rings. The summed E-state index contributed by atoms with van der Waals surface area (Å²) in [7, 11) is 0. The molecule has 0 aliphatic rings. The van der Waals surface area contributed by atoms with E-state index in [0.717, 1.165) is 21.7 Å². The zero-order valence-corrected chi connectivity index (χ0v) is 10.9. The lowest BCUT2D eigenvalue weighted by Gasteiger charge is -2.02. The molecular formula is C15H12N2OS. The van der Waals surface area contributed by atoms with Crippen LogP contribution >= 0.6 is 11.3 Å². The third-order valence-corrected chi connectivity index (χ3v) is 3.75. The molecule has 1 heterocycles. The Hall–Kier alpha value is -2.33. The summed E-state index contributed by atoms with van der Waals surface area (Å²) in [5.74, 6) is 0.244. The lowest BCUT2D eigenvalue weighted by molar-refractivity contribution is 0.475. The molecular weight excluding hydrogens is 256 g/mol. The number of nitrogen functional groups attached to an aromatic ring is 1. The van der Waals surface area contributed by atoms with E-state index in [9.17, 15) is 5.11 Å². The average Bonchev–Trinajstić information content (AvgIpc) is 2.83. The predicted molar refractivity (Wildman–Crippen MR) is 79.1 cm³/mol. The number of hydrogen-bond acceptors (Lipinski definition) is 4. The normalized spacial score (nSPS) is 10.5. The number of benzene rings is 2. The summed E-state index contributed by atoms with van der Waals surface area (Å²) >= 11 is 1.47. The molecule has 0 saturated carbocycles. The molecule has 3 nitrogen and oxygen atoms in total. The first-order chi connectivity index (χ1) is 9.24. The Morgan fingerprint density at radius 2 is 1.58 bits per heavy atom. The number of phenolic OH excluding ortho intramolecular Hbond substituents is 1. The molecule has 94 valence electrons. The molecule has 2 aromatic carbocycles. The van der Waals surface area contributed by atoms with E-state index < -0.39 is 0 Å². The summed E-state index contributed by atoms with van der Waals surface area (Å²) in [5.41, 5.74) is 8.74. The highest BCUT2D eigenvalue weighted by molar-refractivity contribution is 7.19. The van der Waals surface area contributed by atoms with Crippen molar-refractivity contribution >= 4 is 16.5 Å². The fraction of sp³-hybridized carbons (Fsp3) is 0. The summed E-state index contributed by atoms with van der Waals surface area (Å²) in [6.45, 7) is 0. The minimum Gasteiger partial charge on any atom is -0.508 e. The van der Waals surface area contributed by atoms with Crippen molar-refractivity contribution in [2.45, 2.75) is 0 Å². The van der Waals surface area contributed by atoms with Crippen LogP contribution in [0.1, 0.15) is 0 Å². The summed E-state index contributed by atoms with van der Waals surface area (Å²) in [5, 5.41) is 9.90. The summed E-state index contributed by atoms with van der Waals surface area (Å²) in [6, 6.07) is 17.0. The smallest absolute Gasteiger partial charge is 0.181 e. The molecule has 0 saturated heterocycles. The highest BCUT2D eigenvalue weighted by Gasteiger charge is 2.13. The molecule has 0 bridgehead atoms. The van der Waals surface area contributed by atoms with Crippen molar-refractivity contribution < 1.29 is 5.11 Å². The van der Waals surface area contributed by atoms with Crippen LogP contribution in [-0.4, -0.2) is 10.1 Å². The van der Waals surface area contributed by atoms with Crippen molar-refractivity contribution in [2.75, 3.05) is 5.73 Å². The number of phenols is 1. The number of nitrogens with two attached hydrogens (primary N) is 1. The third kappa shape index (κ3) is 2.30. The monoisotopic (exact) mass is 268 g/mol. The molecule has 0 atom stereocenters. The SMILES string of the molecule is Nc1nc(-c2ccc(O)cc2)c(-c2ccccc2)s1. The van der Waals surface area contributed by atoms with Gasteiger partial charge in [0.05, 0.1) is 10.6 Å². The molecule has 19 heavy (non-hydrogen) atoms. The number of aromatic hydroxyl groups is 1. The maximum absolute atomic E-state index is 9.35. The number of rotatable bonds is 2. The molecule has 0 radical (unpaired) electrons. The van der Waals surface area contributed by atoms with Gasteiger partial charge in [0.2, 0.25) is 0 Å². The Balaban J connectivity index is 2.15. The zero-order chi connectivity index (χ0) is 13.2. The van der Waals surface area contributed by atoms with Crippen LogP contribution in [0.2, 0.25) is 0 Å². The lowest BCUT2D eigenvalue weighted by Crippen LogP contribution is -1.84. The molecule has 3 N–H and O–H groups in total. The van der Waals surface area contributed by atoms with Crippen LogP contribution in [0.3, 0.4) is 0 Å². The second-order valence-corrected chi connectivity index (χ2v) is 5.17. The lowest BCUT2D eigenvalue weighted by atomic mass is 10.1. The Kier molecular flexibility index (Phi) is 2.93. The maximum atomic E-state index is 9.35. The van der Waals surface area contributed by atoms with Gasteiger partial charge in [-0.3, -0.25) is 0 Å². The molecule has 3 rings (SSSR count). The molecule has 0 amide bonds. The second-order valence-electron chi connectivity index (χ2n) is 4.14. The van der Waals surface area contributed by atoms with Crippen LogP contribution in [0.25, 0.3) is 21.7 Å². The van der Waals surface area contributed by atoms with E-state index >= 15 is 0 Å². The number of nitrogens with zero attached hydrogens (tertiary/aromatic N) is 1. The van der Waals surface area contributed by atoms with E-state index in [2.05, 4.69) is 4.98 Å². The van der Waals surface area contributed by atoms with E-state index in [1.54, 1.807) is 12.1 Å². The first-order valence-electron chi connectivity index (χ1n) is 5.85. The highest BCUT2D eigenvalue weighted by Crippen LogP contribution is 2.38. The number of aromatic nitrogens is 1. The van der Waals surface area contributed by atoms with Crippen molar-refractivity contribution in [1.82, 2.24) is 4.98 Å².